The normalized spacial score (nSPS) is 10.3. The van der Waals surface area contributed by atoms with E-state index >= 15 is 0 Å². The van der Waals surface area contributed by atoms with Gasteiger partial charge in [-0.25, -0.2) is 0 Å². The van der Waals surface area contributed by atoms with Crippen LogP contribution in [0.5, 0.6) is 0 Å². The molecule has 0 bridgehead atoms. The minimum Gasteiger partial charge on any atom is -0.449 e. The van der Waals surface area contributed by atoms with Gasteiger partial charge in [-0.1, -0.05) is 0 Å². The van der Waals surface area contributed by atoms with Crippen molar-refractivity contribution in [3.8, 4) is 0 Å². The first kappa shape index (κ1) is 12.4. The molecule has 3 N–H and O–H groups in total. The van der Waals surface area contributed by atoms with E-state index in [4.69, 9.17) is 10.2 Å². The van der Waals surface area contributed by atoms with Crippen molar-refractivity contribution in [3.05, 3.63) is 39.3 Å². The van der Waals surface area contributed by atoms with Crippen LogP contribution in [0.25, 0.3) is 0 Å². The number of amides is 2. The van der Waals surface area contributed by atoms with Crippen LogP contribution in [0.2, 0.25) is 0 Å². The largest absolute Gasteiger partial charge is 0.449 e. The Labute approximate surface area is 108 Å². The summed E-state index contributed by atoms with van der Waals surface area (Å²) in [6.07, 6.45) is 1.45. The SMILES string of the molecule is Cc1sc(C(=O)Nc2ccco2)c(C(N)=O)c1C. The number of carbonyl (C=O) groups excluding carboxylic acids is 2. The number of rotatable bonds is 3. The molecule has 0 aliphatic carbocycles. The zero-order valence-corrected chi connectivity index (χ0v) is 10.8. The molecular formula is C12H12N2O3S. The average Bonchev–Trinajstić information content (AvgIpc) is 2.88. The quantitative estimate of drug-likeness (QED) is 0.892. The van der Waals surface area contributed by atoms with Gasteiger partial charge >= 0.3 is 0 Å². The van der Waals surface area contributed by atoms with E-state index in [1.54, 1.807) is 19.1 Å². The summed E-state index contributed by atoms with van der Waals surface area (Å²) in [5, 5.41) is 2.57. The number of nitrogens with one attached hydrogen (secondary N) is 1. The van der Waals surface area contributed by atoms with Gasteiger partial charge in [0.05, 0.1) is 11.8 Å². The number of anilines is 1. The second-order valence-electron chi connectivity index (χ2n) is 3.78. The van der Waals surface area contributed by atoms with Crippen molar-refractivity contribution in [3.63, 3.8) is 0 Å². The van der Waals surface area contributed by atoms with Crippen LogP contribution in [0.4, 0.5) is 5.88 Å². The number of hydrogen-bond donors (Lipinski definition) is 2. The fraction of sp³-hybridized carbons (Fsp3) is 0.167. The summed E-state index contributed by atoms with van der Waals surface area (Å²) in [5.74, 6) is -0.652. The molecule has 0 spiro atoms. The van der Waals surface area contributed by atoms with Crippen LogP contribution < -0.4 is 11.1 Å². The van der Waals surface area contributed by atoms with Gasteiger partial charge < -0.3 is 10.2 Å². The Hall–Kier alpha value is -2.08. The van der Waals surface area contributed by atoms with Crippen molar-refractivity contribution in [2.75, 3.05) is 5.32 Å². The lowest BCUT2D eigenvalue weighted by atomic mass is 10.1. The van der Waals surface area contributed by atoms with Gasteiger partial charge in [0.15, 0.2) is 5.88 Å². The van der Waals surface area contributed by atoms with E-state index in [0.29, 0.717) is 10.8 Å². The highest BCUT2D eigenvalue weighted by Gasteiger charge is 2.22. The van der Waals surface area contributed by atoms with E-state index in [1.165, 1.54) is 17.6 Å². The predicted octanol–water partition coefficient (Wildman–Crippen LogP) is 2.31. The van der Waals surface area contributed by atoms with Crippen LogP contribution in [0.15, 0.2) is 22.8 Å². The molecule has 18 heavy (non-hydrogen) atoms. The molecular weight excluding hydrogens is 252 g/mol. The van der Waals surface area contributed by atoms with Crippen LogP contribution >= 0.6 is 11.3 Å². The lowest BCUT2D eigenvalue weighted by Crippen LogP contribution is -2.18. The molecule has 0 saturated carbocycles. The van der Waals surface area contributed by atoms with Gasteiger partial charge in [-0.05, 0) is 25.5 Å². The maximum Gasteiger partial charge on any atom is 0.268 e. The molecule has 2 aromatic rings. The number of carbonyl (C=O) groups is 2. The lowest BCUT2D eigenvalue weighted by Gasteiger charge is -2.01. The van der Waals surface area contributed by atoms with Crippen molar-refractivity contribution < 1.29 is 14.0 Å². The summed E-state index contributed by atoms with van der Waals surface area (Å²) >= 11 is 1.24. The molecule has 5 nitrogen and oxygen atoms in total. The summed E-state index contributed by atoms with van der Waals surface area (Å²) in [7, 11) is 0. The molecule has 0 saturated heterocycles. The summed E-state index contributed by atoms with van der Waals surface area (Å²) in [6.45, 7) is 3.62. The molecule has 94 valence electrons. The van der Waals surface area contributed by atoms with Crippen molar-refractivity contribution in [2.24, 2.45) is 5.73 Å². The van der Waals surface area contributed by atoms with E-state index in [9.17, 15) is 9.59 Å². The maximum absolute atomic E-state index is 12.0. The van der Waals surface area contributed by atoms with E-state index in [0.717, 1.165) is 10.4 Å². The third-order valence-electron chi connectivity index (χ3n) is 2.60. The highest BCUT2D eigenvalue weighted by Crippen LogP contribution is 2.27. The van der Waals surface area contributed by atoms with Crippen LogP contribution in [0.1, 0.15) is 30.5 Å². The van der Waals surface area contributed by atoms with Crippen molar-refractivity contribution in [1.29, 1.82) is 0 Å². The van der Waals surface area contributed by atoms with Crippen LogP contribution in [0, 0.1) is 13.8 Å². The Bertz CT molecular complexity index is 599. The summed E-state index contributed by atoms with van der Waals surface area (Å²) in [6, 6.07) is 3.28. The topological polar surface area (TPSA) is 85.3 Å². The molecule has 2 heterocycles. The standard InChI is InChI=1S/C12H12N2O3S/c1-6-7(2)18-10(9(6)11(13)15)12(16)14-8-4-3-5-17-8/h3-5H,1-2H3,(H2,13,15)(H,14,16). The third-order valence-corrected chi connectivity index (χ3v) is 3.80. The molecule has 2 rings (SSSR count). The van der Waals surface area contributed by atoms with Gasteiger partial charge in [0.1, 0.15) is 4.88 Å². The number of nitrogens with two attached hydrogens (primary N) is 1. The summed E-state index contributed by atoms with van der Waals surface area (Å²) in [5.41, 5.74) is 6.33. The monoisotopic (exact) mass is 264 g/mol. The number of primary amides is 1. The van der Waals surface area contributed by atoms with Crippen LogP contribution in [0.3, 0.4) is 0 Å². The smallest absolute Gasteiger partial charge is 0.268 e. The Balaban J connectivity index is 2.36. The number of aryl methyl sites for hydroxylation is 1. The second-order valence-corrected chi connectivity index (χ2v) is 5.01. The van der Waals surface area contributed by atoms with E-state index in [-0.39, 0.29) is 11.5 Å². The Morgan fingerprint density at radius 3 is 2.67 bits per heavy atom. The third kappa shape index (κ3) is 2.14. The first-order chi connectivity index (χ1) is 8.50. The van der Waals surface area contributed by atoms with Crippen molar-refractivity contribution in [1.82, 2.24) is 0 Å². The van der Waals surface area contributed by atoms with Gasteiger partial charge in [0.25, 0.3) is 11.8 Å². The number of hydrogen-bond acceptors (Lipinski definition) is 4. The van der Waals surface area contributed by atoms with E-state index in [2.05, 4.69) is 5.32 Å². The van der Waals surface area contributed by atoms with Crippen LogP contribution in [-0.4, -0.2) is 11.8 Å². The summed E-state index contributed by atoms with van der Waals surface area (Å²) in [4.78, 5) is 24.6. The zero-order chi connectivity index (χ0) is 13.3. The van der Waals surface area contributed by atoms with E-state index in [1.807, 2.05) is 6.92 Å². The molecule has 0 unspecified atom stereocenters. The van der Waals surface area contributed by atoms with Gasteiger partial charge in [0, 0.05) is 10.9 Å². The lowest BCUT2D eigenvalue weighted by molar-refractivity contribution is 0.0978. The fourth-order valence-corrected chi connectivity index (χ4v) is 2.66. The zero-order valence-electron chi connectivity index (χ0n) is 9.94. The molecule has 6 heteroatoms. The van der Waals surface area contributed by atoms with Crippen LogP contribution in [-0.2, 0) is 0 Å². The highest BCUT2D eigenvalue weighted by molar-refractivity contribution is 7.14. The van der Waals surface area contributed by atoms with Gasteiger partial charge in [-0.15, -0.1) is 11.3 Å². The molecule has 2 amide bonds. The fourth-order valence-electron chi connectivity index (χ4n) is 1.60. The predicted molar refractivity (Wildman–Crippen MR) is 69.0 cm³/mol. The van der Waals surface area contributed by atoms with E-state index < -0.39 is 5.91 Å². The molecule has 0 aliphatic heterocycles. The Morgan fingerprint density at radius 1 is 1.39 bits per heavy atom. The van der Waals surface area contributed by atoms with Gasteiger partial charge in [-0.3, -0.25) is 14.9 Å². The molecule has 0 aromatic carbocycles. The van der Waals surface area contributed by atoms with Crippen molar-refractivity contribution in [2.45, 2.75) is 13.8 Å². The van der Waals surface area contributed by atoms with Gasteiger partial charge in [0.2, 0.25) is 0 Å². The van der Waals surface area contributed by atoms with Crippen molar-refractivity contribution >= 4 is 29.0 Å². The Kier molecular flexibility index (Phi) is 3.20. The minimum atomic E-state index is -0.596. The minimum absolute atomic E-state index is 0.279. The first-order valence-corrected chi connectivity index (χ1v) is 6.07. The second kappa shape index (κ2) is 4.66. The number of thiophene rings is 1. The molecule has 0 aliphatic rings. The molecule has 0 fully saturated rings. The van der Waals surface area contributed by atoms with Gasteiger partial charge in [-0.2, -0.15) is 0 Å². The molecule has 0 atom stereocenters. The summed E-state index contributed by atoms with van der Waals surface area (Å²) < 4.78 is 5.02. The number of furan rings is 1. The molecule has 0 radical (unpaired) electrons. The molecule has 2 aromatic heterocycles. The average molecular weight is 264 g/mol. The maximum atomic E-state index is 12.0. The Morgan fingerprint density at radius 2 is 2.11 bits per heavy atom. The highest BCUT2D eigenvalue weighted by atomic mass is 32.1. The first-order valence-electron chi connectivity index (χ1n) is 5.25.